The Morgan fingerprint density at radius 1 is 0.857 bits per heavy atom. The van der Waals surface area contributed by atoms with Gasteiger partial charge in [0.25, 0.3) is 0 Å². The van der Waals surface area contributed by atoms with Crippen LogP contribution in [0.15, 0.2) is 109 Å². The molecule has 1 saturated heterocycles. The Hall–Kier alpha value is -3.63. The molecule has 2 aliphatic rings. The molecule has 4 nitrogen and oxygen atoms in total. The van der Waals surface area contributed by atoms with Gasteiger partial charge in [0.05, 0.1) is 12.0 Å². The molecule has 176 valence electrons. The van der Waals surface area contributed by atoms with Crippen LogP contribution in [0.4, 0.5) is 0 Å². The smallest absolute Gasteiger partial charge is 0.243 e. The average molecular weight is 483 g/mol. The third-order valence-electron chi connectivity index (χ3n) is 6.88. The molecule has 3 aromatic rings. The Bertz CT molecular complexity index is 1240. The van der Waals surface area contributed by atoms with Crippen LogP contribution < -0.4 is 5.32 Å². The van der Waals surface area contributed by atoms with Crippen LogP contribution in [0.25, 0.3) is 0 Å². The second kappa shape index (κ2) is 10.3. The fraction of sp³-hybridized carbons (Fsp3) is 0.200. The molecule has 3 aromatic carbocycles. The largest absolute Gasteiger partial charge is 0.358 e. The molecule has 35 heavy (non-hydrogen) atoms. The highest BCUT2D eigenvalue weighted by Crippen LogP contribution is 2.46. The number of fused-ring (bicyclic) bond motifs is 1. The van der Waals surface area contributed by atoms with Crippen LogP contribution in [0.2, 0.25) is 5.02 Å². The van der Waals surface area contributed by atoms with Gasteiger partial charge in [0.1, 0.15) is 6.04 Å². The van der Waals surface area contributed by atoms with Gasteiger partial charge in [-0.15, -0.1) is 0 Å². The summed E-state index contributed by atoms with van der Waals surface area (Å²) in [6, 6.07) is 26.3. The normalized spacial score (nSPS) is 22.6. The van der Waals surface area contributed by atoms with Crippen LogP contribution in [-0.4, -0.2) is 35.2 Å². The summed E-state index contributed by atoms with van der Waals surface area (Å²) in [5, 5.41) is 3.76. The highest BCUT2D eigenvalue weighted by molar-refractivity contribution is 6.30. The molecule has 0 bridgehead atoms. The maximum absolute atomic E-state index is 13.9. The summed E-state index contributed by atoms with van der Waals surface area (Å²) < 4.78 is 0. The third kappa shape index (κ3) is 4.80. The summed E-state index contributed by atoms with van der Waals surface area (Å²) in [6.07, 6.45) is 8.60. The van der Waals surface area contributed by atoms with Crippen molar-refractivity contribution in [1.82, 2.24) is 10.2 Å². The molecule has 2 heterocycles. The summed E-state index contributed by atoms with van der Waals surface area (Å²) in [7, 11) is 0. The predicted octanol–water partition coefficient (Wildman–Crippen LogP) is 5.42. The maximum atomic E-state index is 13.9. The van der Waals surface area contributed by atoms with E-state index in [2.05, 4.69) is 17.4 Å². The van der Waals surface area contributed by atoms with Crippen LogP contribution in [0, 0.1) is 5.92 Å². The van der Waals surface area contributed by atoms with Gasteiger partial charge in [0.15, 0.2) is 5.78 Å². The number of nitrogens with zero attached hydrogens (tertiary/aromatic N) is 1. The van der Waals surface area contributed by atoms with Gasteiger partial charge in [-0.3, -0.25) is 9.59 Å². The number of allylic oxidation sites excluding steroid dienone is 2. The minimum absolute atomic E-state index is 0.0417. The fourth-order valence-electron chi connectivity index (χ4n) is 5.27. The Morgan fingerprint density at radius 3 is 2.26 bits per heavy atom. The monoisotopic (exact) mass is 482 g/mol. The number of carbonyl (C=O) groups is 2. The number of carbonyl (C=O) groups excluding carboxylic acids is 2. The van der Waals surface area contributed by atoms with Gasteiger partial charge in [-0.25, -0.2) is 0 Å². The quantitative estimate of drug-likeness (QED) is 0.457. The zero-order valence-electron chi connectivity index (χ0n) is 19.3. The molecular formula is C30H27ClN2O2. The second-order valence-corrected chi connectivity index (χ2v) is 9.41. The number of ketones is 1. The number of nitrogens with one attached hydrogen (secondary N) is 1. The molecule has 0 radical (unpaired) electrons. The first-order valence-electron chi connectivity index (χ1n) is 11.9. The van der Waals surface area contributed by atoms with Gasteiger partial charge >= 0.3 is 0 Å². The number of rotatable bonds is 7. The SMILES string of the molecule is O=C(c1ccccc1)C1C(c2ccc(Cl)cc2)C(C(=O)NCCc2ccccc2)N2C=CC=CC12. The minimum Gasteiger partial charge on any atom is -0.358 e. The van der Waals surface area contributed by atoms with Crippen molar-refractivity contribution < 1.29 is 9.59 Å². The molecular weight excluding hydrogens is 456 g/mol. The number of halogens is 1. The molecule has 4 unspecified atom stereocenters. The zero-order valence-corrected chi connectivity index (χ0v) is 20.0. The van der Waals surface area contributed by atoms with Gasteiger partial charge in [-0.2, -0.15) is 0 Å². The van der Waals surface area contributed by atoms with E-state index >= 15 is 0 Å². The first-order chi connectivity index (χ1) is 17.1. The average Bonchev–Trinajstić information content (AvgIpc) is 3.25. The van der Waals surface area contributed by atoms with Gasteiger partial charge in [-0.05, 0) is 35.8 Å². The maximum Gasteiger partial charge on any atom is 0.243 e. The second-order valence-electron chi connectivity index (χ2n) is 8.97. The van der Waals surface area contributed by atoms with Crippen LogP contribution in [0.3, 0.4) is 0 Å². The lowest BCUT2D eigenvalue weighted by Crippen LogP contribution is -2.46. The molecule has 0 spiro atoms. The number of benzene rings is 3. The molecule has 0 saturated carbocycles. The summed E-state index contributed by atoms with van der Waals surface area (Å²) in [5.74, 6) is -0.770. The zero-order chi connectivity index (χ0) is 24.2. The Kier molecular flexibility index (Phi) is 6.82. The molecule has 1 N–H and O–H groups in total. The van der Waals surface area contributed by atoms with E-state index in [1.54, 1.807) is 0 Å². The standard InChI is InChI=1S/C30H27ClN2O2/c31-24-16-14-22(15-17-24)26-27(29(34)23-11-5-2-6-12-23)25-13-7-8-20-33(25)28(26)30(35)32-19-18-21-9-3-1-4-10-21/h1-17,20,25-28H,18-19H2,(H,32,35). The van der Waals surface area contributed by atoms with Gasteiger partial charge in [0, 0.05) is 29.2 Å². The van der Waals surface area contributed by atoms with Gasteiger partial charge < -0.3 is 10.2 Å². The highest BCUT2D eigenvalue weighted by atomic mass is 35.5. The van der Waals surface area contributed by atoms with Crippen molar-refractivity contribution >= 4 is 23.3 Å². The van der Waals surface area contributed by atoms with Crippen LogP contribution in [0.1, 0.15) is 27.4 Å². The molecule has 5 rings (SSSR count). The van der Waals surface area contributed by atoms with Crippen molar-refractivity contribution in [3.05, 3.63) is 131 Å². The van der Waals surface area contributed by atoms with E-state index < -0.39 is 12.0 Å². The van der Waals surface area contributed by atoms with Crippen molar-refractivity contribution in [2.75, 3.05) is 6.54 Å². The topological polar surface area (TPSA) is 49.4 Å². The predicted molar refractivity (Wildman–Crippen MR) is 139 cm³/mol. The van der Waals surface area contributed by atoms with Gasteiger partial charge in [-0.1, -0.05) is 96.5 Å². The third-order valence-corrected chi connectivity index (χ3v) is 7.13. The Morgan fingerprint density at radius 2 is 1.54 bits per heavy atom. The van der Waals surface area contributed by atoms with Crippen molar-refractivity contribution in [2.45, 2.75) is 24.4 Å². The van der Waals surface area contributed by atoms with Crippen molar-refractivity contribution in [2.24, 2.45) is 5.92 Å². The molecule has 0 aromatic heterocycles. The number of hydrogen-bond donors (Lipinski definition) is 1. The fourth-order valence-corrected chi connectivity index (χ4v) is 5.39. The lowest BCUT2D eigenvalue weighted by molar-refractivity contribution is -0.125. The lowest BCUT2D eigenvalue weighted by atomic mass is 9.77. The van der Waals surface area contributed by atoms with E-state index in [9.17, 15) is 9.59 Å². The lowest BCUT2D eigenvalue weighted by Gasteiger charge is -2.30. The first-order valence-corrected chi connectivity index (χ1v) is 12.3. The van der Waals surface area contributed by atoms with E-state index in [1.165, 1.54) is 5.56 Å². The molecule has 0 aliphatic carbocycles. The number of hydrogen-bond acceptors (Lipinski definition) is 3. The first kappa shape index (κ1) is 23.1. The van der Waals surface area contributed by atoms with Crippen molar-refractivity contribution in [3.8, 4) is 0 Å². The van der Waals surface area contributed by atoms with Crippen LogP contribution >= 0.6 is 11.6 Å². The van der Waals surface area contributed by atoms with Crippen molar-refractivity contribution in [1.29, 1.82) is 0 Å². The minimum atomic E-state index is -0.518. The van der Waals surface area contributed by atoms with E-state index in [-0.39, 0.29) is 23.7 Å². The molecule has 5 heteroatoms. The Labute approximate surface area is 210 Å². The van der Waals surface area contributed by atoms with Crippen LogP contribution in [-0.2, 0) is 11.2 Å². The number of Topliss-reactive ketones (excluding diaryl/α,β-unsaturated/α-hetero) is 1. The van der Waals surface area contributed by atoms with Crippen LogP contribution in [0.5, 0.6) is 0 Å². The summed E-state index contributed by atoms with van der Waals surface area (Å²) >= 11 is 6.18. The summed E-state index contributed by atoms with van der Waals surface area (Å²) in [4.78, 5) is 29.6. The summed E-state index contributed by atoms with van der Waals surface area (Å²) in [5.41, 5.74) is 2.76. The van der Waals surface area contributed by atoms with E-state index in [1.807, 2.05) is 102 Å². The summed E-state index contributed by atoms with van der Waals surface area (Å²) in [6.45, 7) is 0.530. The Balaban J connectivity index is 1.49. The highest BCUT2D eigenvalue weighted by Gasteiger charge is 2.53. The van der Waals surface area contributed by atoms with Crippen molar-refractivity contribution in [3.63, 3.8) is 0 Å². The molecule has 1 amide bonds. The molecule has 1 fully saturated rings. The van der Waals surface area contributed by atoms with Gasteiger partial charge in [0.2, 0.25) is 5.91 Å². The van der Waals surface area contributed by atoms with E-state index in [0.717, 1.165) is 12.0 Å². The number of amides is 1. The van der Waals surface area contributed by atoms with E-state index in [4.69, 9.17) is 11.6 Å². The molecule has 2 aliphatic heterocycles. The molecule has 4 atom stereocenters. The van der Waals surface area contributed by atoms with E-state index in [0.29, 0.717) is 17.1 Å².